The number of benzene rings is 3. The molecule has 0 saturated heterocycles. The molecule has 0 spiro atoms. The SMILES string of the molecule is C=CCOc1c(Br)cc(C=c2sc3n(c2=O)C(c2ccc(OC)cc2)C2=C(N=3)c3ccccc3CC2)cc1OC. The molecule has 1 aromatic heterocycles. The smallest absolute Gasteiger partial charge is 0.271 e. The summed E-state index contributed by atoms with van der Waals surface area (Å²) in [7, 11) is 3.25. The zero-order valence-corrected chi connectivity index (χ0v) is 24.6. The summed E-state index contributed by atoms with van der Waals surface area (Å²) in [4.78, 5) is 19.8. The van der Waals surface area contributed by atoms with E-state index in [9.17, 15) is 4.79 Å². The lowest BCUT2D eigenvalue weighted by atomic mass is 9.83. The Balaban J connectivity index is 1.54. The van der Waals surface area contributed by atoms with E-state index in [0.29, 0.717) is 27.4 Å². The number of fused-ring (bicyclic) bond motifs is 3. The highest BCUT2D eigenvalue weighted by Crippen LogP contribution is 2.41. The van der Waals surface area contributed by atoms with Crippen LogP contribution >= 0.6 is 27.3 Å². The Kier molecular flexibility index (Phi) is 7.21. The lowest BCUT2D eigenvalue weighted by Gasteiger charge is -2.30. The second-order valence-corrected chi connectivity index (χ2v) is 11.4. The first-order chi connectivity index (χ1) is 19.5. The van der Waals surface area contributed by atoms with E-state index in [4.69, 9.17) is 19.2 Å². The molecule has 6 rings (SSSR count). The highest BCUT2D eigenvalue weighted by atomic mass is 79.9. The van der Waals surface area contributed by atoms with Crippen molar-refractivity contribution in [3.8, 4) is 17.2 Å². The largest absolute Gasteiger partial charge is 0.497 e. The second-order valence-electron chi connectivity index (χ2n) is 9.52. The van der Waals surface area contributed by atoms with Gasteiger partial charge in [0.05, 0.1) is 35.0 Å². The molecule has 1 atom stereocenters. The first-order valence-corrected chi connectivity index (χ1v) is 14.5. The molecule has 0 amide bonds. The summed E-state index contributed by atoms with van der Waals surface area (Å²) < 4.78 is 19.9. The van der Waals surface area contributed by atoms with E-state index in [2.05, 4.69) is 46.8 Å². The zero-order valence-electron chi connectivity index (χ0n) is 22.1. The number of allylic oxidation sites excluding steroid dienone is 1. The minimum absolute atomic E-state index is 0.0722. The van der Waals surface area contributed by atoms with Crippen molar-refractivity contribution in [3.05, 3.63) is 125 Å². The summed E-state index contributed by atoms with van der Waals surface area (Å²) in [6.07, 6.45) is 5.32. The maximum absolute atomic E-state index is 14.0. The van der Waals surface area contributed by atoms with Gasteiger partial charge in [0.1, 0.15) is 12.4 Å². The quantitative estimate of drug-likeness (QED) is 0.252. The van der Waals surface area contributed by atoms with Gasteiger partial charge in [-0.2, -0.15) is 0 Å². The van der Waals surface area contributed by atoms with E-state index >= 15 is 0 Å². The van der Waals surface area contributed by atoms with Crippen molar-refractivity contribution in [1.82, 2.24) is 4.57 Å². The summed E-state index contributed by atoms with van der Waals surface area (Å²) in [6.45, 7) is 4.06. The van der Waals surface area contributed by atoms with Gasteiger partial charge >= 0.3 is 0 Å². The maximum Gasteiger partial charge on any atom is 0.271 e. The highest BCUT2D eigenvalue weighted by Gasteiger charge is 2.32. The third-order valence-corrected chi connectivity index (χ3v) is 8.77. The molecule has 202 valence electrons. The van der Waals surface area contributed by atoms with Crippen molar-refractivity contribution in [1.29, 1.82) is 0 Å². The van der Waals surface area contributed by atoms with Crippen LogP contribution < -0.4 is 29.1 Å². The lowest BCUT2D eigenvalue weighted by molar-refractivity contribution is 0.324. The van der Waals surface area contributed by atoms with Crippen molar-refractivity contribution in [2.75, 3.05) is 20.8 Å². The zero-order chi connectivity index (χ0) is 27.8. The van der Waals surface area contributed by atoms with Crippen LogP contribution in [0, 0.1) is 0 Å². The number of rotatable bonds is 7. The third kappa shape index (κ3) is 4.61. The summed E-state index contributed by atoms with van der Waals surface area (Å²) in [5.74, 6) is 1.93. The number of ether oxygens (including phenoxy) is 3. The van der Waals surface area contributed by atoms with Gasteiger partial charge in [-0.25, -0.2) is 4.99 Å². The molecule has 40 heavy (non-hydrogen) atoms. The number of hydrogen-bond acceptors (Lipinski definition) is 6. The Hall–Kier alpha value is -3.88. The van der Waals surface area contributed by atoms with Crippen molar-refractivity contribution in [2.24, 2.45) is 4.99 Å². The van der Waals surface area contributed by atoms with E-state index in [0.717, 1.165) is 51.0 Å². The monoisotopic (exact) mass is 614 g/mol. The number of nitrogens with zero attached hydrogens (tertiary/aromatic N) is 2. The van der Waals surface area contributed by atoms with Crippen LogP contribution in [0.1, 0.15) is 34.7 Å². The van der Waals surface area contributed by atoms with Crippen molar-refractivity contribution >= 4 is 39.0 Å². The molecule has 0 saturated carbocycles. The minimum atomic E-state index is -0.247. The first kappa shape index (κ1) is 26.3. The number of thiazole rings is 1. The molecule has 4 aromatic rings. The average molecular weight is 616 g/mol. The van der Waals surface area contributed by atoms with Crippen LogP contribution in [0.25, 0.3) is 11.8 Å². The molecule has 1 unspecified atom stereocenters. The van der Waals surface area contributed by atoms with Gasteiger partial charge in [-0.15, -0.1) is 0 Å². The average Bonchev–Trinajstić information content (AvgIpc) is 3.29. The Morgan fingerprint density at radius 1 is 1.10 bits per heavy atom. The van der Waals surface area contributed by atoms with Gasteiger partial charge in [-0.05, 0) is 81.4 Å². The second kappa shape index (κ2) is 10.9. The molecular formula is C32H27BrN2O4S. The van der Waals surface area contributed by atoms with Crippen LogP contribution in [0.2, 0.25) is 0 Å². The molecule has 3 aromatic carbocycles. The Morgan fingerprint density at radius 2 is 1.90 bits per heavy atom. The van der Waals surface area contributed by atoms with E-state index in [1.54, 1.807) is 20.3 Å². The fourth-order valence-corrected chi connectivity index (χ4v) is 6.94. The number of aromatic nitrogens is 1. The van der Waals surface area contributed by atoms with Gasteiger partial charge < -0.3 is 14.2 Å². The first-order valence-electron chi connectivity index (χ1n) is 12.9. The predicted octanol–water partition coefficient (Wildman–Crippen LogP) is 5.66. The van der Waals surface area contributed by atoms with Gasteiger partial charge in [0.2, 0.25) is 0 Å². The van der Waals surface area contributed by atoms with E-state index in [-0.39, 0.29) is 11.6 Å². The van der Waals surface area contributed by atoms with Crippen LogP contribution in [-0.4, -0.2) is 25.4 Å². The summed E-state index contributed by atoms with van der Waals surface area (Å²) in [6, 6.07) is 19.9. The van der Waals surface area contributed by atoms with Gasteiger partial charge in [0.15, 0.2) is 16.3 Å². The minimum Gasteiger partial charge on any atom is -0.497 e. The normalized spacial score (nSPS) is 16.0. The van der Waals surface area contributed by atoms with Crippen LogP contribution in [0.5, 0.6) is 17.2 Å². The maximum atomic E-state index is 14.0. The predicted molar refractivity (Wildman–Crippen MR) is 162 cm³/mol. The Bertz CT molecular complexity index is 1840. The third-order valence-electron chi connectivity index (χ3n) is 7.20. The van der Waals surface area contributed by atoms with Gasteiger partial charge in [0.25, 0.3) is 5.56 Å². The van der Waals surface area contributed by atoms with Crippen molar-refractivity contribution in [2.45, 2.75) is 18.9 Å². The van der Waals surface area contributed by atoms with E-state index in [1.165, 1.54) is 16.9 Å². The Labute approximate surface area is 244 Å². The lowest BCUT2D eigenvalue weighted by Crippen LogP contribution is -2.38. The van der Waals surface area contributed by atoms with Crippen LogP contribution in [-0.2, 0) is 6.42 Å². The van der Waals surface area contributed by atoms with Gasteiger partial charge in [-0.1, -0.05) is 60.4 Å². The van der Waals surface area contributed by atoms with E-state index in [1.807, 2.05) is 47.0 Å². The number of aryl methyl sites for hydroxylation is 1. The molecule has 0 bridgehead atoms. The van der Waals surface area contributed by atoms with E-state index < -0.39 is 0 Å². The van der Waals surface area contributed by atoms with Crippen LogP contribution in [0.4, 0.5) is 0 Å². The molecule has 0 N–H and O–H groups in total. The molecule has 1 aliphatic heterocycles. The fourth-order valence-electron chi connectivity index (χ4n) is 5.37. The fraction of sp³-hybridized carbons (Fsp3) is 0.188. The van der Waals surface area contributed by atoms with Gasteiger partial charge in [0, 0.05) is 5.56 Å². The molecule has 2 heterocycles. The van der Waals surface area contributed by atoms with Gasteiger partial charge in [-0.3, -0.25) is 9.36 Å². The standard InChI is InChI=1S/C32H27BrN2O4S/c1-4-15-39-30-25(33)16-19(17-26(30)38-3)18-27-31(36)35-29(21-9-12-22(37-2)13-10-21)24-14-11-20-7-5-6-8-23(20)28(24)34-32(35)40-27/h4-10,12-13,16-18,29H,1,11,14-15H2,2-3H3. The molecule has 2 aliphatic rings. The van der Waals surface area contributed by atoms with Crippen LogP contribution in [0.3, 0.4) is 0 Å². The summed E-state index contributed by atoms with van der Waals surface area (Å²) in [5, 5.41) is 0. The van der Waals surface area contributed by atoms with Crippen molar-refractivity contribution in [3.63, 3.8) is 0 Å². The number of hydrogen-bond donors (Lipinski definition) is 0. The molecule has 0 fully saturated rings. The number of methoxy groups -OCH3 is 2. The summed E-state index contributed by atoms with van der Waals surface area (Å²) >= 11 is 4.99. The topological polar surface area (TPSA) is 62.0 Å². The van der Waals surface area contributed by atoms with Crippen molar-refractivity contribution < 1.29 is 14.2 Å². The molecule has 0 radical (unpaired) electrons. The van der Waals surface area contributed by atoms with Crippen LogP contribution in [0.15, 0.2) is 93.2 Å². The molecular weight excluding hydrogens is 588 g/mol. The summed E-state index contributed by atoms with van der Waals surface area (Å²) in [5.41, 5.74) is 6.34. The molecule has 8 heteroatoms. The molecule has 1 aliphatic carbocycles. The number of halogens is 1. The highest BCUT2D eigenvalue weighted by molar-refractivity contribution is 9.10. The molecule has 6 nitrogen and oxygen atoms in total. The Morgan fingerprint density at radius 3 is 2.65 bits per heavy atom.